The third-order valence-corrected chi connectivity index (χ3v) is 3.08. The highest BCUT2D eigenvalue weighted by molar-refractivity contribution is 5.94. The molecule has 0 atom stereocenters. The van der Waals surface area contributed by atoms with E-state index in [1.54, 1.807) is 20.8 Å². The van der Waals surface area contributed by atoms with Gasteiger partial charge in [0, 0.05) is 6.42 Å². The molecule has 0 aliphatic carbocycles. The third-order valence-electron chi connectivity index (χ3n) is 3.08. The van der Waals surface area contributed by atoms with Crippen LogP contribution >= 0.6 is 0 Å². The molecule has 23 heavy (non-hydrogen) atoms. The topological polar surface area (TPSA) is 69.7 Å². The maximum absolute atomic E-state index is 12.1. The minimum Gasteiger partial charge on any atom is -0.460 e. The Morgan fingerprint density at radius 1 is 1.00 bits per heavy atom. The number of Topliss-reactive ketones (excluding diaryl/α,β-unsaturated/α-hetero) is 1. The maximum atomic E-state index is 12.1. The molecule has 0 radical (unpaired) electrons. The number of ether oxygens (including phenoxy) is 2. The van der Waals surface area contributed by atoms with Crippen molar-refractivity contribution in [1.82, 2.24) is 0 Å². The molecule has 1 aromatic carbocycles. The van der Waals surface area contributed by atoms with Gasteiger partial charge in [0.15, 0.2) is 5.78 Å². The summed E-state index contributed by atoms with van der Waals surface area (Å²) in [7, 11) is 0. The second-order valence-electron chi connectivity index (χ2n) is 6.47. The Hall–Kier alpha value is -2.17. The smallest absolute Gasteiger partial charge is 0.339 e. The Morgan fingerprint density at radius 3 is 2.09 bits per heavy atom. The van der Waals surface area contributed by atoms with Gasteiger partial charge in [-0.25, -0.2) is 4.79 Å². The largest absolute Gasteiger partial charge is 0.460 e. The molecule has 0 aliphatic heterocycles. The van der Waals surface area contributed by atoms with E-state index in [2.05, 4.69) is 0 Å². The van der Waals surface area contributed by atoms with Crippen LogP contribution < -0.4 is 0 Å². The highest BCUT2D eigenvalue weighted by Crippen LogP contribution is 2.14. The molecule has 0 aromatic heterocycles. The first-order chi connectivity index (χ1) is 10.6. The highest BCUT2D eigenvalue weighted by atomic mass is 16.6. The predicted molar refractivity (Wildman–Crippen MR) is 86.3 cm³/mol. The SMILES string of the molecule is Cc1cccc(C)c1C(=O)OCC(=O)CCC(=O)OC(C)(C)C. The fraction of sp³-hybridized carbons (Fsp3) is 0.500. The maximum Gasteiger partial charge on any atom is 0.339 e. The van der Waals surface area contributed by atoms with Gasteiger partial charge in [-0.3, -0.25) is 9.59 Å². The molecule has 0 fully saturated rings. The number of carbonyl (C=O) groups excluding carboxylic acids is 3. The Bertz CT molecular complexity index is 576. The average molecular weight is 320 g/mol. The van der Waals surface area contributed by atoms with Crippen molar-refractivity contribution in [2.24, 2.45) is 0 Å². The lowest BCUT2D eigenvalue weighted by Crippen LogP contribution is -2.24. The summed E-state index contributed by atoms with van der Waals surface area (Å²) in [5.74, 6) is -1.27. The molecule has 0 bridgehead atoms. The van der Waals surface area contributed by atoms with Crippen molar-refractivity contribution in [3.05, 3.63) is 34.9 Å². The van der Waals surface area contributed by atoms with E-state index in [1.165, 1.54) is 0 Å². The molecule has 5 heteroatoms. The van der Waals surface area contributed by atoms with E-state index in [0.717, 1.165) is 11.1 Å². The summed E-state index contributed by atoms with van der Waals surface area (Å²) >= 11 is 0. The van der Waals surface area contributed by atoms with Gasteiger partial charge in [0.05, 0.1) is 12.0 Å². The number of rotatable bonds is 6. The molecule has 5 nitrogen and oxygen atoms in total. The van der Waals surface area contributed by atoms with Crippen LogP contribution in [0.2, 0.25) is 0 Å². The van der Waals surface area contributed by atoms with Crippen LogP contribution in [0, 0.1) is 13.8 Å². The van der Waals surface area contributed by atoms with Gasteiger partial charge in [-0.1, -0.05) is 18.2 Å². The minimum absolute atomic E-state index is 0.00501. The number of aryl methyl sites for hydroxylation is 2. The van der Waals surface area contributed by atoms with Crippen molar-refractivity contribution in [2.75, 3.05) is 6.61 Å². The standard InChI is InChI=1S/C18H24O5/c1-12-7-6-8-13(2)16(12)17(21)22-11-14(19)9-10-15(20)23-18(3,4)5/h6-8H,9-11H2,1-5H3. The molecule has 0 amide bonds. The van der Waals surface area contributed by atoms with Gasteiger partial charge < -0.3 is 9.47 Å². The molecule has 126 valence electrons. The van der Waals surface area contributed by atoms with Crippen LogP contribution in [0.1, 0.15) is 55.1 Å². The van der Waals surface area contributed by atoms with Crippen LogP contribution in [-0.2, 0) is 19.1 Å². The van der Waals surface area contributed by atoms with Gasteiger partial charge in [0.2, 0.25) is 0 Å². The number of hydrogen-bond acceptors (Lipinski definition) is 5. The first-order valence-electron chi connectivity index (χ1n) is 7.57. The first-order valence-corrected chi connectivity index (χ1v) is 7.57. The van der Waals surface area contributed by atoms with E-state index in [9.17, 15) is 14.4 Å². The van der Waals surface area contributed by atoms with Crippen molar-refractivity contribution in [3.63, 3.8) is 0 Å². The third kappa shape index (κ3) is 6.63. The zero-order valence-corrected chi connectivity index (χ0v) is 14.4. The van der Waals surface area contributed by atoms with Gasteiger partial charge in [-0.05, 0) is 45.7 Å². The molecular formula is C18H24O5. The fourth-order valence-corrected chi connectivity index (χ4v) is 2.06. The number of hydrogen-bond donors (Lipinski definition) is 0. The molecule has 1 aromatic rings. The number of esters is 2. The second-order valence-corrected chi connectivity index (χ2v) is 6.47. The van der Waals surface area contributed by atoms with E-state index in [4.69, 9.17) is 9.47 Å². The number of carbonyl (C=O) groups is 3. The summed E-state index contributed by atoms with van der Waals surface area (Å²) in [6.07, 6.45) is -0.0218. The summed E-state index contributed by atoms with van der Waals surface area (Å²) in [6, 6.07) is 5.48. The van der Waals surface area contributed by atoms with Crippen molar-refractivity contribution >= 4 is 17.7 Å². The van der Waals surface area contributed by atoms with Crippen molar-refractivity contribution < 1.29 is 23.9 Å². The molecule has 0 heterocycles. The van der Waals surface area contributed by atoms with Gasteiger partial charge in [0.1, 0.15) is 12.2 Å². The Morgan fingerprint density at radius 2 is 1.57 bits per heavy atom. The quantitative estimate of drug-likeness (QED) is 0.753. The second kappa shape index (κ2) is 7.90. The molecule has 0 saturated carbocycles. The van der Waals surface area contributed by atoms with Crippen LogP contribution in [0.3, 0.4) is 0 Å². The lowest BCUT2D eigenvalue weighted by atomic mass is 10.0. The zero-order valence-electron chi connectivity index (χ0n) is 14.4. The Kier molecular flexibility index (Phi) is 6.49. The number of benzene rings is 1. The van der Waals surface area contributed by atoms with E-state index in [0.29, 0.717) is 5.56 Å². The lowest BCUT2D eigenvalue weighted by molar-refractivity contribution is -0.155. The van der Waals surface area contributed by atoms with Crippen molar-refractivity contribution in [1.29, 1.82) is 0 Å². The van der Waals surface area contributed by atoms with Crippen molar-refractivity contribution in [3.8, 4) is 0 Å². The lowest BCUT2D eigenvalue weighted by Gasteiger charge is -2.19. The van der Waals surface area contributed by atoms with E-state index in [1.807, 2.05) is 32.0 Å². The first kappa shape index (κ1) is 18.9. The van der Waals surface area contributed by atoms with Crippen LogP contribution in [0.15, 0.2) is 18.2 Å². The normalized spacial score (nSPS) is 11.0. The van der Waals surface area contributed by atoms with Gasteiger partial charge in [-0.2, -0.15) is 0 Å². The summed E-state index contributed by atoms with van der Waals surface area (Å²) in [4.78, 5) is 35.3. The van der Waals surface area contributed by atoms with E-state index >= 15 is 0 Å². The Balaban J connectivity index is 2.45. The van der Waals surface area contributed by atoms with Gasteiger partial charge in [0.25, 0.3) is 0 Å². The molecule has 0 unspecified atom stereocenters. The summed E-state index contributed by atoms with van der Waals surface area (Å²) in [5, 5.41) is 0. The fourth-order valence-electron chi connectivity index (χ4n) is 2.06. The minimum atomic E-state index is -0.574. The van der Waals surface area contributed by atoms with Gasteiger partial charge >= 0.3 is 11.9 Å². The average Bonchev–Trinajstić information content (AvgIpc) is 2.41. The molecule has 0 saturated heterocycles. The van der Waals surface area contributed by atoms with E-state index in [-0.39, 0.29) is 25.2 Å². The molecule has 1 rings (SSSR count). The number of ketones is 1. The molecule has 0 spiro atoms. The molecular weight excluding hydrogens is 296 g/mol. The summed E-state index contributed by atoms with van der Waals surface area (Å²) < 4.78 is 10.2. The predicted octanol–water partition coefficient (Wildman–Crippen LogP) is 3.15. The van der Waals surface area contributed by atoms with Crippen molar-refractivity contribution in [2.45, 2.75) is 53.1 Å². The summed E-state index contributed by atoms with van der Waals surface area (Å²) in [6.45, 7) is 8.58. The zero-order chi connectivity index (χ0) is 17.6. The monoisotopic (exact) mass is 320 g/mol. The molecule has 0 N–H and O–H groups in total. The van der Waals surface area contributed by atoms with E-state index < -0.39 is 17.5 Å². The van der Waals surface area contributed by atoms with Crippen LogP contribution in [0.4, 0.5) is 0 Å². The molecule has 0 aliphatic rings. The van der Waals surface area contributed by atoms with Crippen LogP contribution in [0.5, 0.6) is 0 Å². The summed E-state index contributed by atoms with van der Waals surface area (Å²) in [5.41, 5.74) is 1.51. The van der Waals surface area contributed by atoms with Gasteiger partial charge in [-0.15, -0.1) is 0 Å². The van der Waals surface area contributed by atoms with Crippen LogP contribution in [-0.4, -0.2) is 29.9 Å². The Labute approximate surface area is 137 Å². The highest BCUT2D eigenvalue weighted by Gasteiger charge is 2.18. The van der Waals surface area contributed by atoms with Crippen LogP contribution in [0.25, 0.3) is 0 Å².